The number of methoxy groups -OCH3 is 2. The third-order valence-corrected chi connectivity index (χ3v) is 4.10. The van der Waals surface area contributed by atoms with E-state index in [2.05, 4.69) is 5.32 Å². The molecule has 1 aliphatic rings. The molecule has 124 valence electrons. The van der Waals surface area contributed by atoms with Crippen LogP contribution in [0.25, 0.3) is 0 Å². The number of ether oxygens (including phenoxy) is 2. The number of carbonyl (C=O) groups excluding carboxylic acids is 1. The summed E-state index contributed by atoms with van der Waals surface area (Å²) in [5.74, 6) is 0.785. The summed E-state index contributed by atoms with van der Waals surface area (Å²) < 4.78 is 10.6. The quantitative estimate of drug-likeness (QED) is 0.688. The van der Waals surface area contributed by atoms with Gasteiger partial charge in [-0.05, 0) is 17.2 Å². The summed E-state index contributed by atoms with van der Waals surface area (Å²) in [7, 11) is 3.08. The first-order chi connectivity index (χ1) is 11.5. The molecular weight excluding hydrogens is 312 g/mol. The summed E-state index contributed by atoms with van der Waals surface area (Å²) in [5.41, 5.74) is 2.41. The lowest BCUT2D eigenvalue weighted by molar-refractivity contribution is -0.384. The molecule has 24 heavy (non-hydrogen) atoms. The van der Waals surface area contributed by atoms with Crippen LogP contribution in [0.3, 0.4) is 0 Å². The lowest BCUT2D eigenvalue weighted by Gasteiger charge is -2.27. The SMILES string of the molecule is COc1cc2c(cc1OC)[C@H](c1ccc([N+](=O)[O-])cc1)CC(=O)N2. The van der Waals surface area contributed by atoms with Crippen LogP contribution in [0.2, 0.25) is 0 Å². The van der Waals surface area contributed by atoms with Gasteiger partial charge in [0.2, 0.25) is 5.91 Å². The van der Waals surface area contributed by atoms with Gasteiger partial charge in [-0.25, -0.2) is 0 Å². The standard InChI is InChI=1S/C17H16N2O5/c1-23-15-7-13-12(10-3-5-11(6-4-10)19(21)22)8-17(20)18-14(13)9-16(15)24-2/h3-7,9,12H,8H2,1-2H3,(H,18,20)/t12-/m0/s1. The molecule has 2 aromatic rings. The van der Waals surface area contributed by atoms with Crippen LogP contribution in [0, 0.1) is 10.1 Å². The number of nitrogens with zero attached hydrogens (tertiary/aromatic N) is 1. The summed E-state index contributed by atoms with van der Waals surface area (Å²) in [5, 5.41) is 13.6. The molecule has 7 heteroatoms. The van der Waals surface area contributed by atoms with Gasteiger partial charge in [-0.1, -0.05) is 12.1 Å². The number of nitrogens with one attached hydrogen (secondary N) is 1. The molecule has 0 bridgehead atoms. The Balaban J connectivity index is 2.07. The highest BCUT2D eigenvalue weighted by Crippen LogP contribution is 2.43. The van der Waals surface area contributed by atoms with E-state index in [-0.39, 0.29) is 23.9 Å². The van der Waals surface area contributed by atoms with Gasteiger partial charge < -0.3 is 14.8 Å². The number of fused-ring (bicyclic) bond motifs is 1. The minimum Gasteiger partial charge on any atom is -0.493 e. The highest BCUT2D eigenvalue weighted by atomic mass is 16.6. The zero-order valence-electron chi connectivity index (χ0n) is 13.2. The van der Waals surface area contributed by atoms with Crippen molar-refractivity contribution in [2.24, 2.45) is 0 Å². The summed E-state index contributed by atoms with van der Waals surface area (Å²) in [6, 6.07) is 9.82. The molecular formula is C17H16N2O5. The highest BCUT2D eigenvalue weighted by Gasteiger charge is 2.28. The van der Waals surface area contributed by atoms with Crippen molar-refractivity contribution in [3.05, 3.63) is 57.6 Å². The number of hydrogen-bond acceptors (Lipinski definition) is 5. The molecule has 1 atom stereocenters. The van der Waals surface area contributed by atoms with E-state index in [0.29, 0.717) is 17.2 Å². The van der Waals surface area contributed by atoms with Crippen molar-refractivity contribution in [3.63, 3.8) is 0 Å². The number of hydrogen-bond donors (Lipinski definition) is 1. The molecule has 1 aliphatic heterocycles. The van der Waals surface area contributed by atoms with E-state index in [1.807, 2.05) is 6.07 Å². The number of rotatable bonds is 4. The average molecular weight is 328 g/mol. The molecule has 0 unspecified atom stereocenters. The molecule has 0 saturated carbocycles. The van der Waals surface area contributed by atoms with Crippen LogP contribution in [-0.4, -0.2) is 25.1 Å². The fourth-order valence-corrected chi connectivity index (χ4v) is 2.91. The Morgan fingerprint density at radius 1 is 1.12 bits per heavy atom. The molecule has 1 N–H and O–H groups in total. The molecule has 7 nitrogen and oxygen atoms in total. The lowest BCUT2D eigenvalue weighted by Crippen LogP contribution is -2.23. The van der Waals surface area contributed by atoms with E-state index in [1.165, 1.54) is 19.2 Å². The summed E-state index contributed by atoms with van der Waals surface area (Å²) in [6.45, 7) is 0. The van der Waals surface area contributed by atoms with E-state index in [9.17, 15) is 14.9 Å². The van der Waals surface area contributed by atoms with Gasteiger partial charge in [0.1, 0.15) is 0 Å². The number of non-ortho nitro benzene ring substituents is 1. The third-order valence-electron chi connectivity index (χ3n) is 4.10. The van der Waals surface area contributed by atoms with Crippen LogP contribution in [0.15, 0.2) is 36.4 Å². The molecule has 3 rings (SSSR count). The van der Waals surface area contributed by atoms with Crippen molar-refractivity contribution in [2.75, 3.05) is 19.5 Å². The van der Waals surface area contributed by atoms with Crippen molar-refractivity contribution in [3.8, 4) is 11.5 Å². The van der Waals surface area contributed by atoms with Crippen molar-refractivity contribution in [2.45, 2.75) is 12.3 Å². The first kappa shape index (κ1) is 15.8. The zero-order valence-corrected chi connectivity index (χ0v) is 13.2. The normalized spacial score (nSPS) is 16.1. The van der Waals surface area contributed by atoms with Gasteiger partial charge in [0.15, 0.2) is 11.5 Å². The molecule has 0 aliphatic carbocycles. The van der Waals surface area contributed by atoms with E-state index < -0.39 is 4.92 Å². The second-order valence-corrected chi connectivity index (χ2v) is 5.45. The van der Waals surface area contributed by atoms with E-state index >= 15 is 0 Å². The van der Waals surface area contributed by atoms with Crippen LogP contribution in [0.1, 0.15) is 23.5 Å². The lowest BCUT2D eigenvalue weighted by atomic mass is 9.84. The van der Waals surface area contributed by atoms with Crippen LogP contribution in [0.5, 0.6) is 11.5 Å². The zero-order chi connectivity index (χ0) is 17.3. The number of amides is 1. The highest BCUT2D eigenvalue weighted by molar-refractivity contribution is 5.96. The monoisotopic (exact) mass is 328 g/mol. The van der Waals surface area contributed by atoms with E-state index in [4.69, 9.17) is 9.47 Å². The minimum atomic E-state index is -0.445. The van der Waals surface area contributed by atoms with Gasteiger partial charge in [-0.2, -0.15) is 0 Å². The predicted octanol–water partition coefficient (Wildman–Crippen LogP) is 3.09. The van der Waals surface area contributed by atoms with Crippen molar-refractivity contribution < 1.29 is 19.2 Å². The van der Waals surface area contributed by atoms with Crippen molar-refractivity contribution in [1.82, 2.24) is 0 Å². The number of carbonyl (C=O) groups is 1. The van der Waals surface area contributed by atoms with Gasteiger partial charge in [0.25, 0.3) is 5.69 Å². The van der Waals surface area contributed by atoms with Gasteiger partial charge in [0.05, 0.1) is 19.1 Å². The van der Waals surface area contributed by atoms with Gasteiger partial charge >= 0.3 is 0 Å². The number of benzene rings is 2. The van der Waals surface area contributed by atoms with E-state index in [1.54, 1.807) is 25.3 Å². The van der Waals surface area contributed by atoms with E-state index in [0.717, 1.165) is 11.1 Å². The number of nitro benzene ring substituents is 1. The molecule has 0 aromatic heterocycles. The molecule has 2 aromatic carbocycles. The van der Waals surface area contributed by atoms with Crippen molar-refractivity contribution in [1.29, 1.82) is 0 Å². The van der Waals surface area contributed by atoms with Crippen LogP contribution >= 0.6 is 0 Å². The van der Waals surface area contributed by atoms with Gasteiger partial charge in [-0.15, -0.1) is 0 Å². The second kappa shape index (κ2) is 6.19. The first-order valence-electron chi connectivity index (χ1n) is 7.33. The first-order valence-corrected chi connectivity index (χ1v) is 7.33. The third kappa shape index (κ3) is 2.76. The molecule has 0 saturated heterocycles. The second-order valence-electron chi connectivity index (χ2n) is 5.45. The predicted molar refractivity (Wildman–Crippen MR) is 87.7 cm³/mol. The summed E-state index contributed by atoms with van der Waals surface area (Å²) >= 11 is 0. The Bertz CT molecular complexity index is 801. The van der Waals surface area contributed by atoms with Crippen LogP contribution < -0.4 is 14.8 Å². The number of anilines is 1. The number of nitro groups is 1. The maximum Gasteiger partial charge on any atom is 0.269 e. The molecule has 0 fully saturated rings. The largest absolute Gasteiger partial charge is 0.493 e. The van der Waals surface area contributed by atoms with Gasteiger partial charge in [-0.3, -0.25) is 14.9 Å². The molecule has 1 heterocycles. The Kier molecular flexibility index (Phi) is 4.07. The molecule has 0 spiro atoms. The molecule has 0 radical (unpaired) electrons. The minimum absolute atomic E-state index is 0.0199. The molecule has 1 amide bonds. The maximum absolute atomic E-state index is 12.0. The Morgan fingerprint density at radius 3 is 2.33 bits per heavy atom. The summed E-state index contributed by atoms with van der Waals surface area (Å²) in [6.07, 6.45) is 0.264. The fourth-order valence-electron chi connectivity index (χ4n) is 2.91. The van der Waals surface area contributed by atoms with Crippen molar-refractivity contribution >= 4 is 17.3 Å². The smallest absolute Gasteiger partial charge is 0.269 e. The topological polar surface area (TPSA) is 90.7 Å². The van der Waals surface area contributed by atoms with Gasteiger partial charge in [0, 0.05) is 36.2 Å². The Morgan fingerprint density at radius 2 is 1.75 bits per heavy atom. The summed E-state index contributed by atoms with van der Waals surface area (Å²) in [4.78, 5) is 22.4. The maximum atomic E-state index is 12.0. The fraction of sp³-hybridized carbons (Fsp3) is 0.235. The Labute approximate surface area is 138 Å². The van der Waals surface area contributed by atoms with Crippen LogP contribution in [0.4, 0.5) is 11.4 Å². The Hall–Kier alpha value is -3.09. The average Bonchev–Trinajstić information content (AvgIpc) is 2.59. The van der Waals surface area contributed by atoms with Crippen LogP contribution in [-0.2, 0) is 4.79 Å².